The van der Waals surface area contributed by atoms with Crippen molar-refractivity contribution >= 4 is 11.6 Å². The Hall–Kier alpha value is -1.66. The summed E-state index contributed by atoms with van der Waals surface area (Å²) in [7, 11) is 0. The Morgan fingerprint density at radius 1 is 1.26 bits per heavy atom. The molecular formula is C17H24FN3O2. The lowest BCUT2D eigenvalue weighted by molar-refractivity contribution is -0.122. The van der Waals surface area contributed by atoms with Crippen LogP contribution in [0, 0.1) is 5.82 Å². The van der Waals surface area contributed by atoms with Crippen LogP contribution in [-0.2, 0) is 9.53 Å². The number of piperazine rings is 1. The first-order valence-electron chi connectivity index (χ1n) is 8.32. The number of nitrogens with zero attached hydrogens (tertiary/aromatic N) is 2. The summed E-state index contributed by atoms with van der Waals surface area (Å²) in [5, 5.41) is 2.94. The van der Waals surface area contributed by atoms with E-state index in [4.69, 9.17) is 4.74 Å². The normalized spacial score (nSPS) is 22.3. The standard InChI is InChI=1S/C17H24FN3O2/c18-15-5-1-2-6-16(15)21-9-7-20(8-10-21)13-17(22)19-12-14-4-3-11-23-14/h1-2,5-6,14H,3-4,7-13H2,(H,19,22). The molecule has 1 N–H and O–H groups in total. The van der Waals surface area contributed by atoms with Gasteiger partial charge in [-0.05, 0) is 25.0 Å². The third-order valence-corrected chi connectivity index (χ3v) is 4.48. The SMILES string of the molecule is O=C(CN1CCN(c2ccccc2F)CC1)NCC1CCCO1. The maximum Gasteiger partial charge on any atom is 0.234 e. The Morgan fingerprint density at radius 3 is 2.74 bits per heavy atom. The van der Waals surface area contributed by atoms with Crippen molar-refractivity contribution in [3.8, 4) is 0 Å². The number of amides is 1. The summed E-state index contributed by atoms with van der Waals surface area (Å²) in [6, 6.07) is 6.84. The van der Waals surface area contributed by atoms with Gasteiger partial charge in [0.1, 0.15) is 5.82 Å². The molecule has 6 heteroatoms. The zero-order chi connectivity index (χ0) is 16.1. The predicted molar refractivity (Wildman–Crippen MR) is 87.0 cm³/mol. The van der Waals surface area contributed by atoms with E-state index in [1.54, 1.807) is 12.1 Å². The molecule has 3 rings (SSSR count). The minimum absolute atomic E-state index is 0.0415. The van der Waals surface area contributed by atoms with Crippen molar-refractivity contribution in [2.45, 2.75) is 18.9 Å². The van der Waals surface area contributed by atoms with E-state index in [2.05, 4.69) is 10.2 Å². The van der Waals surface area contributed by atoms with Crippen LogP contribution in [0.1, 0.15) is 12.8 Å². The van der Waals surface area contributed by atoms with Gasteiger partial charge < -0.3 is 15.0 Å². The fraction of sp³-hybridized carbons (Fsp3) is 0.588. The Labute approximate surface area is 136 Å². The molecule has 0 aliphatic carbocycles. The van der Waals surface area contributed by atoms with Gasteiger partial charge in [-0.1, -0.05) is 12.1 Å². The molecular weight excluding hydrogens is 297 g/mol. The van der Waals surface area contributed by atoms with Crippen molar-refractivity contribution in [2.24, 2.45) is 0 Å². The molecule has 1 aromatic rings. The Bertz CT molecular complexity index is 526. The summed E-state index contributed by atoms with van der Waals surface area (Å²) in [6.45, 7) is 4.81. The van der Waals surface area contributed by atoms with Crippen LogP contribution in [0.4, 0.5) is 10.1 Å². The number of para-hydroxylation sites is 1. The highest BCUT2D eigenvalue weighted by Crippen LogP contribution is 2.20. The van der Waals surface area contributed by atoms with Gasteiger partial charge in [0.05, 0.1) is 18.3 Å². The number of ether oxygens (including phenoxy) is 1. The van der Waals surface area contributed by atoms with E-state index in [1.807, 2.05) is 11.0 Å². The summed E-state index contributed by atoms with van der Waals surface area (Å²) in [6.07, 6.45) is 2.29. The van der Waals surface area contributed by atoms with Crippen LogP contribution in [0.25, 0.3) is 0 Å². The zero-order valence-electron chi connectivity index (χ0n) is 13.3. The molecule has 5 nitrogen and oxygen atoms in total. The number of carbonyl (C=O) groups excluding carboxylic acids is 1. The van der Waals surface area contributed by atoms with Gasteiger partial charge in [-0.25, -0.2) is 4.39 Å². The van der Waals surface area contributed by atoms with Crippen molar-refractivity contribution in [1.29, 1.82) is 0 Å². The van der Waals surface area contributed by atoms with Crippen LogP contribution in [0.2, 0.25) is 0 Å². The van der Waals surface area contributed by atoms with E-state index in [0.29, 0.717) is 18.8 Å². The maximum absolute atomic E-state index is 13.8. The number of rotatable bonds is 5. The molecule has 0 radical (unpaired) electrons. The molecule has 0 aromatic heterocycles. The number of carbonyl (C=O) groups is 1. The maximum atomic E-state index is 13.8. The van der Waals surface area contributed by atoms with Crippen LogP contribution in [-0.4, -0.2) is 62.8 Å². The minimum atomic E-state index is -0.185. The van der Waals surface area contributed by atoms with Crippen LogP contribution >= 0.6 is 0 Å². The molecule has 2 fully saturated rings. The molecule has 0 saturated carbocycles. The molecule has 126 valence electrons. The van der Waals surface area contributed by atoms with Gasteiger partial charge >= 0.3 is 0 Å². The summed E-state index contributed by atoms with van der Waals surface area (Å²) in [4.78, 5) is 16.1. The molecule has 0 spiro atoms. The van der Waals surface area contributed by atoms with Gasteiger partial charge in [-0.2, -0.15) is 0 Å². The first kappa shape index (κ1) is 16.2. The van der Waals surface area contributed by atoms with Crippen molar-refractivity contribution < 1.29 is 13.9 Å². The Kier molecular flexibility index (Phi) is 5.46. The van der Waals surface area contributed by atoms with Gasteiger partial charge in [-0.15, -0.1) is 0 Å². The van der Waals surface area contributed by atoms with Gasteiger partial charge in [0.25, 0.3) is 0 Å². The van der Waals surface area contributed by atoms with Crippen LogP contribution in [0.15, 0.2) is 24.3 Å². The number of halogens is 1. The first-order valence-corrected chi connectivity index (χ1v) is 8.32. The van der Waals surface area contributed by atoms with E-state index < -0.39 is 0 Å². The molecule has 2 aliphatic rings. The van der Waals surface area contributed by atoms with Gasteiger partial charge in [0.15, 0.2) is 0 Å². The van der Waals surface area contributed by atoms with Gasteiger partial charge in [0, 0.05) is 39.3 Å². The summed E-state index contributed by atoms with van der Waals surface area (Å²) < 4.78 is 19.3. The average Bonchev–Trinajstić information content (AvgIpc) is 3.08. The fourth-order valence-corrected chi connectivity index (χ4v) is 3.15. The summed E-state index contributed by atoms with van der Waals surface area (Å²) in [5.41, 5.74) is 0.648. The first-order chi connectivity index (χ1) is 11.2. The lowest BCUT2D eigenvalue weighted by Gasteiger charge is -2.35. The third-order valence-electron chi connectivity index (χ3n) is 4.48. The van der Waals surface area contributed by atoms with E-state index in [0.717, 1.165) is 45.6 Å². The van der Waals surface area contributed by atoms with Crippen LogP contribution in [0.3, 0.4) is 0 Å². The largest absolute Gasteiger partial charge is 0.376 e. The highest BCUT2D eigenvalue weighted by molar-refractivity contribution is 5.78. The highest BCUT2D eigenvalue weighted by Gasteiger charge is 2.21. The van der Waals surface area contributed by atoms with Gasteiger partial charge in [-0.3, -0.25) is 9.69 Å². The molecule has 1 aromatic carbocycles. The highest BCUT2D eigenvalue weighted by atomic mass is 19.1. The predicted octanol–water partition coefficient (Wildman–Crippen LogP) is 1.24. The monoisotopic (exact) mass is 321 g/mol. The third kappa shape index (κ3) is 4.42. The average molecular weight is 321 g/mol. The molecule has 1 unspecified atom stereocenters. The van der Waals surface area contributed by atoms with Crippen molar-refractivity contribution in [1.82, 2.24) is 10.2 Å². The zero-order valence-corrected chi connectivity index (χ0v) is 13.3. The molecule has 2 saturated heterocycles. The number of hydrogen-bond donors (Lipinski definition) is 1. The van der Waals surface area contributed by atoms with Gasteiger partial charge in [0.2, 0.25) is 5.91 Å². The van der Waals surface area contributed by atoms with Crippen LogP contribution in [0.5, 0.6) is 0 Å². The topological polar surface area (TPSA) is 44.8 Å². The lowest BCUT2D eigenvalue weighted by Crippen LogP contribution is -2.50. The number of nitrogens with one attached hydrogen (secondary N) is 1. The fourth-order valence-electron chi connectivity index (χ4n) is 3.15. The van der Waals surface area contributed by atoms with Crippen LogP contribution < -0.4 is 10.2 Å². The van der Waals surface area contributed by atoms with Crippen molar-refractivity contribution in [3.63, 3.8) is 0 Å². The Morgan fingerprint density at radius 2 is 2.04 bits per heavy atom. The second kappa shape index (κ2) is 7.75. The quantitative estimate of drug-likeness (QED) is 0.886. The number of anilines is 1. The lowest BCUT2D eigenvalue weighted by atomic mass is 10.2. The molecule has 2 aliphatic heterocycles. The molecule has 1 amide bonds. The second-order valence-corrected chi connectivity index (χ2v) is 6.15. The number of benzene rings is 1. The van der Waals surface area contributed by atoms with Crippen molar-refractivity contribution in [3.05, 3.63) is 30.1 Å². The van der Waals surface area contributed by atoms with E-state index in [9.17, 15) is 9.18 Å². The Balaban J connectivity index is 1.40. The van der Waals surface area contributed by atoms with Crippen molar-refractivity contribution in [2.75, 3.05) is 50.8 Å². The van der Waals surface area contributed by atoms with E-state index >= 15 is 0 Å². The summed E-state index contributed by atoms with van der Waals surface area (Å²) >= 11 is 0. The second-order valence-electron chi connectivity index (χ2n) is 6.15. The molecule has 1 atom stereocenters. The smallest absolute Gasteiger partial charge is 0.234 e. The molecule has 0 bridgehead atoms. The minimum Gasteiger partial charge on any atom is -0.376 e. The van der Waals surface area contributed by atoms with E-state index in [1.165, 1.54) is 6.07 Å². The van der Waals surface area contributed by atoms with E-state index in [-0.39, 0.29) is 17.8 Å². The number of hydrogen-bond acceptors (Lipinski definition) is 4. The summed E-state index contributed by atoms with van der Waals surface area (Å²) in [5.74, 6) is -0.143. The molecule has 2 heterocycles. The molecule has 23 heavy (non-hydrogen) atoms.